The van der Waals surface area contributed by atoms with Gasteiger partial charge in [0.05, 0.1) is 5.69 Å². The highest BCUT2D eigenvalue weighted by atomic mass is 19.2. The van der Waals surface area contributed by atoms with E-state index in [0.717, 1.165) is 53.9 Å². The molecular formula is C25H24F2N4O2. The van der Waals surface area contributed by atoms with Crippen LogP contribution in [0.3, 0.4) is 0 Å². The van der Waals surface area contributed by atoms with Crippen molar-refractivity contribution < 1.29 is 18.4 Å². The third-order valence-electron chi connectivity index (χ3n) is 6.43. The second kappa shape index (κ2) is 8.42. The largest absolute Gasteiger partial charge is 0.335 e. The molecule has 2 aromatic carbocycles. The molecule has 2 heterocycles. The van der Waals surface area contributed by atoms with Gasteiger partial charge in [-0.2, -0.15) is 5.10 Å². The van der Waals surface area contributed by atoms with Gasteiger partial charge in [0.1, 0.15) is 0 Å². The quantitative estimate of drug-likeness (QED) is 0.613. The number of hydrogen-bond donors (Lipinski definition) is 0. The lowest BCUT2D eigenvalue weighted by molar-refractivity contribution is 0.0531. The summed E-state index contributed by atoms with van der Waals surface area (Å²) in [6, 6.07) is 11.2. The third-order valence-corrected chi connectivity index (χ3v) is 6.43. The summed E-state index contributed by atoms with van der Waals surface area (Å²) in [6.07, 6.45) is 2.71. The van der Waals surface area contributed by atoms with E-state index >= 15 is 0 Å². The molecule has 1 fully saturated rings. The predicted octanol–water partition coefficient (Wildman–Crippen LogP) is 3.55. The van der Waals surface area contributed by atoms with Gasteiger partial charge in [-0.05, 0) is 56.5 Å². The maximum atomic E-state index is 13.5. The van der Waals surface area contributed by atoms with Gasteiger partial charge < -0.3 is 9.80 Å². The lowest BCUT2D eigenvalue weighted by Crippen LogP contribution is -2.50. The number of aryl methyl sites for hydroxylation is 1. The molecule has 0 spiro atoms. The first-order valence-electron chi connectivity index (χ1n) is 11.1. The SMILES string of the molecule is Cc1ccc(-n2nc(C(=O)N3CCN(C(=O)c4ccc(F)c(F)c4)CC3)c3c2CCC3)cc1. The molecule has 1 saturated heterocycles. The minimum absolute atomic E-state index is 0.100. The van der Waals surface area contributed by atoms with E-state index in [2.05, 4.69) is 0 Å². The predicted molar refractivity (Wildman–Crippen MR) is 118 cm³/mol. The zero-order valence-corrected chi connectivity index (χ0v) is 18.4. The number of fused-ring (bicyclic) bond motifs is 1. The molecular weight excluding hydrogens is 426 g/mol. The van der Waals surface area contributed by atoms with E-state index in [9.17, 15) is 18.4 Å². The number of piperazine rings is 1. The summed E-state index contributed by atoms with van der Waals surface area (Å²) in [5, 5.41) is 4.69. The highest BCUT2D eigenvalue weighted by Gasteiger charge is 2.32. The van der Waals surface area contributed by atoms with Crippen molar-refractivity contribution in [2.24, 2.45) is 0 Å². The molecule has 3 aromatic rings. The smallest absolute Gasteiger partial charge is 0.274 e. The fourth-order valence-electron chi connectivity index (χ4n) is 4.58. The molecule has 33 heavy (non-hydrogen) atoms. The number of hydrogen-bond acceptors (Lipinski definition) is 3. The van der Waals surface area contributed by atoms with Crippen LogP contribution in [-0.4, -0.2) is 57.6 Å². The first kappa shape index (κ1) is 21.3. The van der Waals surface area contributed by atoms with Crippen molar-refractivity contribution in [3.8, 4) is 5.69 Å². The van der Waals surface area contributed by atoms with Gasteiger partial charge in [0.2, 0.25) is 0 Å². The van der Waals surface area contributed by atoms with E-state index in [-0.39, 0.29) is 17.4 Å². The Morgan fingerprint density at radius 1 is 0.848 bits per heavy atom. The molecule has 1 aromatic heterocycles. The zero-order valence-electron chi connectivity index (χ0n) is 18.4. The second-order valence-corrected chi connectivity index (χ2v) is 8.59. The molecule has 8 heteroatoms. The van der Waals surface area contributed by atoms with Crippen LogP contribution in [0.5, 0.6) is 0 Å². The number of rotatable bonds is 3. The van der Waals surface area contributed by atoms with E-state index in [1.54, 1.807) is 9.80 Å². The molecule has 0 atom stereocenters. The molecule has 2 amide bonds. The Morgan fingerprint density at radius 3 is 2.18 bits per heavy atom. The third kappa shape index (κ3) is 3.90. The molecule has 5 rings (SSSR count). The molecule has 1 aliphatic carbocycles. The van der Waals surface area contributed by atoms with Gasteiger partial charge in [-0.1, -0.05) is 17.7 Å². The highest BCUT2D eigenvalue weighted by Crippen LogP contribution is 2.29. The fraction of sp³-hybridized carbons (Fsp3) is 0.320. The minimum atomic E-state index is -1.05. The number of amides is 2. The summed E-state index contributed by atoms with van der Waals surface area (Å²) >= 11 is 0. The van der Waals surface area contributed by atoms with Gasteiger partial charge in [-0.15, -0.1) is 0 Å². The number of benzene rings is 2. The van der Waals surface area contributed by atoms with Crippen LogP contribution in [0.2, 0.25) is 0 Å². The maximum absolute atomic E-state index is 13.5. The average Bonchev–Trinajstić information content (AvgIpc) is 3.44. The van der Waals surface area contributed by atoms with Crippen LogP contribution in [0.1, 0.15) is 44.1 Å². The Morgan fingerprint density at radius 2 is 1.52 bits per heavy atom. The van der Waals surface area contributed by atoms with Crippen molar-refractivity contribution in [3.05, 3.63) is 82.2 Å². The van der Waals surface area contributed by atoms with Crippen LogP contribution in [0, 0.1) is 18.6 Å². The molecule has 2 aliphatic rings. The summed E-state index contributed by atoms with van der Waals surface area (Å²) in [4.78, 5) is 29.3. The Labute approximate surface area is 190 Å². The second-order valence-electron chi connectivity index (χ2n) is 8.59. The number of aromatic nitrogens is 2. The number of nitrogens with zero attached hydrogens (tertiary/aromatic N) is 4. The molecule has 1 aliphatic heterocycles. The molecule has 0 saturated carbocycles. The van der Waals surface area contributed by atoms with Crippen molar-refractivity contribution in [1.82, 2.24) is 19.6 Å². The van der Waals surface area contributed by atoms with E-state index in [1.807, 2.05) is 35.9 Å². The Balaban J connectivity index is 1.31. The molecule has 0 radical (unpaired) electrons. The summed E-state index contributed by atoms with van der Waals surface area (Å²) < 4.78 is 28.6. The van der Waals surface area contributed by atoms with Crippen molar-refractivity contribution in [3.63, 3.8) is 0 Å². The van der Waals surface area contributed by atoms with Crippen LogP contribution in [0.15, 0.2) is 42.5 Å². The molecule has 0 N–H and O–H groups in total. The lowest BCUT2D eigenvalue weighted by Gasteiger charge is -2.34. The zero-order chi connectivity index (χ0) is 23.1. The van der Waals surface area contributed by atoms with E-state index < -0.39 is 11.6 Å². The molecule has 0 bridgehead atoms. The summed E-state index contributed by atoms with van der Waals surface area (Å²) in [6.45, 7) is 3.40. The fourth-order valence-corrected chi connectivity index (χ4v) is 4.58. The summed E-state index contributed by atoms with van der Waals surface area (Å²) in [5.74, 6) is -2.53. The Hall–Kier alpha value is -3.55. The average molecular weight is 450 g/mol. The van der Waals surface area contributed by atoms with Gasteiger partial charge in [0.15, 0.2) is 17.3 Å². The standard InChI is InChI=1S/C25H24F2N4O2/c1-16-5-8-18(9-6-16)31-22-4-2-3-19(22)23(28-31)25(33)30-13-11-29(12-14-30)24(32)17-7-10-20(26)21(27)15-17/h5-10,15H,2-4,11-14H2,1H3. The number of carbonyl (C=O) groups excluding carboxylic acids is 2. The topological polar surface area (TPSA) is 58.4 Å². The molecule has 0 unspecified atom stereocenters. The number of halogens is 2. The van der Waals surface area contributed by atoms with Crippen molar-refractivity contribution in [2.45, 2.75) is 26.2 Å². The van der Waals surface area contributed by atoms with Crippen molar-refractivity contribution in [2.75, 3.05) is 26.2 Å². The Kier molecular flexibility index (Phi) is 5.44. The van der Waals surface area contributed by atoms with Crippen LogP contribution < -0.4 is 0 Å². The highest BCUT2D eigenvalue weighted by molar-refractivity contribution is 5.96. The number of carbonyl (C=O) groups is 2. The molecule has 170 valence electrons. The van der Waals surface area contributed by atoms with E-state index in [4.69, 9.17) is 5.10 Å². The maximum Gasteiger partial charge on any atom is 0.274 e. The van der Waals surface area contributed by atoms with Gasteiger partial charge >= 0.3 is 0 Å². The van der Waals surface area contributed by atoms with Gasteiger partial charge in [-0.25, -0.2) is 13.5 Å². The first-order valence-corrected chi connectivity index (χ1v) is 11.1. The normalized spacial score (nSPS) is 15.6. The van der Waals surface area contributed by atoms with Crippen LogP contribution in [-0.2, 0) is 12.8 Å². The summed E-state index contributed by atoms with van der Waals surface area (Å²) in [7, 11) is 0. The van der Waals surface area contributed by atoms with Crippen LogP contribution in [0.25, 0.3) is 5.69 Å². The van der Waals surface area contributed by atoms with Gasteiger partial charge in [-0.3, -0.25) is 9.59 Å². The first-order chi connectivity index (χ1) is 15.9. The monoisotopic (exact) mass is 450 g/mol. The van der Waals surface area contributed by atoms with Gasteiger partial charge in [0, 0.05) is 43.0 Å². The molecule has 6 nitrogen and oxygen atoms in total. The summed E-state index contributed by atoms with van der Waals surface area (Å²) in [5.41, 5.74) is 4.80. The lowest BCUT2D eigenvalue weighted by atomic mass is 10.1. The van der Waals surface area contributed by atoms with Gasteiger partial charge in [0.25, 0.3) is 11.8 Å². The Bertz CT molecular complexity index is 1230. The van der Waals surface area contributed by atoms with E-state index in [0.29, 0.717) is 31.9 Å². The van der Waals surface area contributed by atoms with Crippen molar-refractivity contribution >= 4 is 11.8 Å². The van der Waals surface area contributed by atoms with Crippen LogP contribution in [0.4, 0.5) is 8.78 Å². The van der Waals surface area contributed by atoms with E-state index in [1.165, 1.54) is 6.07 Å². The van der Waals surface area contributed by atoms with Crippen LogP contribution >= 0.6 is 0 Å². The van der Waals surface area contributed by atoms with Crippen molar-refractivity contribution in [1.29, 1.82) is 0 Å². The minimum Gasteiger partial charge on any atom is -0.335 e.